The quantitative estimate of drug-likeness (QED) is 0.458. The Hall–Kier alpha value is -4.46. The number of anilines is 1. The van der Waals surface area contributed by atoms with Gasteiger partial charge >= 0.3 is 0 Å². The number of amides is 2. The number of hydrogen-bond donors (Lipinski definition) is 2. The predicted molar refractivity (Wildman–Crippen MR) is 126 cm³/mol. The van der Waals surface area contributed by atoms with Crippen molar-refractivity contribution in [3.8, 4) is 11.4 Å². The number of likely N-dealkylation sites (N-methyl/N-ethyl adjacent to an activating group) is 1. The highest BCUT2D eigenvalue weighted by atomic mass is 16.5. The maximum atomic E-state index is 13.2. The van der Waals surface area contributed by atoms with Crippen LogP contribution >= 0.6 is 0 Å². The molecule has 0 fully saturated rings. The van der Waals surface area contributed by atoms with Crippen LogP contribution in [0.4, 0.5) is 5.69 Å². The molecule has 1 heterocycles. The van der Waals surface area contributed by atoms with Crippen LogP contribution in [0.5, 0.6) is 5.75 Å². The van der Waals surface area contributed by atoms with Gasteiger partial charge in [-0.3, -0.25) is 14.4 Å². The minimum Gasteiger partial charge on any atom is -0.484 e. The molecule has 0 spiro atoms. The molecule has 0 saturated heterocycles. The Morgan fingerprint density at radius 3 is 2.42 bits per heavy atom. The molecule has 0 unspecified atom stereocenters. The number of rotatable bonds is 7. The Kier molecular flexibility index (Phi) is 6.45. The molecule has 0 aliphatic rings. The summed E-state index contributed by atoms with van der Waals surface area (Å²) >= 11 is 0. The van der Waals surface area contributed by atoms with Crippen LogP contribution in [0, 0.1) is 0 Å². The maximum Gasteiger partial charge on any atom is 0.279 e. The van der Waals surface area contributed by atoms with Crippen molar-refractivity contribution in [1.29, 1.82) is 0 Å². The Bertz CT molecular complexity index is 1370. The molecule has 0 saturated carbocycles. The molecule has 33 heavy (non-hydrogen) atoms. The van der Waals surface area contributed by atoms with E-state index in [9.17, 15) is 14.4 Å². The van der Waals surface area contributed by atoms with E-state index in [4.69, 9.17) is 4.74 Å². The number of nitrogens with one attached hydrogen (secondary N) is 2. The van der Waals surface area contributed by atoms with Crippen molar-refractivity contribution in [1.82, 2.24) is 15.1 Å². The van der Waals surface area contributed by atoms with E-state index >= 15 is 0 Å². The smallest absolute Gasteiger partial charge is 0.279 e. The van der Waals surface area contributed by atoms with Crippen molar-refractivity contribution >= 4 is 28.3 Å². The number of nitrogens with zero attached hydrogens (tertiary/aromatic N) is 2. The molecule has 4 aromatic rings. The standard InChI is InChI=1S/C25H22N4O4/c1-2-26-22(30)16-33-19-12-8-9-17(15-19)27-24(31)23-20-13-6-7-14-21(20)25(32)29(28-23)18-10-4-3-5-11-18/h3-15H,2,16H2,1H3,(H,26,30)(H,27,31). The molecule has 8 nitrogen and oxygen atoms in total. The van der Waals surface area contributed by atoms with E-state index in [-0.39, 0.29) is 23.8 Å². The summed E-state index contributed by atoms with van der Waals surface area (Å²) in [5, 5.41) is 10.7. The van der Waals surface area contributed by atoms with Crippen molar-refractivity contribution in [2.45, 2.75) is 6.92 Å². The van der Waals surface area contributed by atoms with Gasteiger partial charge in [0.05, 0.1) is 11.1 Å². The van der Waals surface area contributed by atoms with Gasteiger partial charge in [0.2, 0.25) is 0 Å². The van der Waals surface area contributed by atoms with E-state index in [1.165, 1.54) is 4.68 Å². The number of fused-ring (bicyclic) bond motifs is 1. The highest BCUT2D eigenvalue weighted by Gasteiger charge is 2.18. The van der Waals surface area contributed by atoms with Gasteiger partial charge in [-0.2, -0.15) is 9.78 Å². The molecule has 3 aromatic carbocycles. The summed E-state index contributed by atoms with van der Waals surface area (Å²) in [4.78, 5) is 37.8. The average Bonchev–Trinajstić information content (AvgIpc) is 2.84. The molecule has 0 aliphatic heterocycles. The van der Waals surface area contributed by atoms with Crippen LogP contribution < -0.4 is 20.9 Å². The Balaban J connectivity index is 1.65. The van der Waals surface area contributed by atoms with Crippen LogP contribution in [0.15, 0.2) is 83.7 Å². The molecular weight excluding hydrogens is 420 g/mol. The van der Waals surface area contributed by atoms with Crippen LogP contribution in [0.3, 0.4) is 0 Å². The van der Waals surface area contributed by atoms with Gasteiger partial charge in [0, 0.05) is 23.7 Å². The third-order valence-corrected chi connectivity index (χ3v) is 4.86. The van der Waals surface area contributed by atoms with E-state index in [0.29, 0.717) is 34.4 Å². The number of hydrogen-bond acceptors (Lipinski definition) is 5. The number of benzene rings is 3. The van der Waals surface area contributed by atoms with Gasteiger partial charge in [0.15, 0.2) is 12.3 Å². The lowest BCUT2D eigenvalue weighted by Gasteiger charge is -2.12. The van der Waals surface area contributed by atoms with Crippen LogP contribution in [-0.2, 0) is 4.79 Å². The van der Waals surface area contributed by atoms with Crippen molar-refractivity contribution in [2.75, 3.05) is 18.5 Å². The Labute approximate surface area is 189 Å². The molecule has 166 valence electrons. The van der Waals surface area contributed by atoms with Crippen LogP contribution in [-0.4, -0.2) is 34.7 Å². The van der Waals surface area contributed by atoms with Crippen molar-refractivity contribution in [3.05, 3.63) is 94.9 Å². The molecule has 2 N–H and O–H groups in total. The first kappa shape index (κ1) is 21.8. The summed E-state index contributed by atoms with van der Waals surface area (Å²) < 4.78 is 6.71. The van der Waals surface area contributed by atoms with E-state index in [1.54, 1.807) is 72.8 Å². The molecule has 8 heteroatoms. The maximum absolute atomic E-state index is 13.2. The summed E-state index contributed by atoms with van der Waals surface area (Å²) in [5.41, 5.74) is 0.830. The van der Waals surface area contributed by atoms with Gasteiger partial charge in [-0.05, 0) is 37.3 Å². The first-order chi connectivity index (χ1) is 16.1. The highest BCUT2D eigenvalue weighted by molar-refractivity contribution is 6.11. The minimum atomic E-state index is -0.475. The predicted octanol–water partition coefficient (Wildman–Crippen LogP) is 3.15. The van der Waals surface area contributed by atoms with Gasteiger partial charge < -0.3 is 15.4 Å². The van der Waals surface area contributed by atoms with Gasteiger partial charge in [-0.15, -0.1) is 0 Å². The van der Waals surface area contributed by atoms with Gasteiger partial charge in [-0.25, -0.2) is 0 Å². The first-order valence-electron chi connectivity index (χ1n) is 10.4. The fourth-order valence-electron chi connectivity index (χ4n) is 3.35. The Morgan fingerprint density at radius 1 is 0.939 bits per heavy atom. The largest absolute Gasteiger partial charge is 0.484 e. The fraction of sp³-hybridized carbons (Fsp3) is 0.120. The van der Waals surface area contributed by atoms with Crippen LogP contribution in [0.1, 0.15) is 17.4 Å². The van der Waals surface area contributed by atoms with Crippen molar-refractivity contribution in [3.63, 3.8) is 0 Å². The second-order valence-corrected chi connectivity index (χ2v) is 7.17. The third-order valence-electron chi connectivity index (χ3n) is 4.86. The van der Waals surface area contributed by atoms with E-state index in [0.717, 1.165) is 0 Å². The lowest BCUT2D eigenvalue weighted by Crippen LogP contribution is -2.28. The zero-order chi connectivity index (χ0) is 23.2. The minimum absolute atomic E-state index is 0.114. The van der Waals surface area contributed by atoms with Crippen molar-refractivity contribution < 1.29 is 14.3 Å². The normalized spacial score (nSPS) is 10.6. The summed E-state index contributed by atoms with van der Waals surface area (Å²) in [5.74, 6) is -0.270. The Morgan fingerprint density at radius 2 is 1.67 bits per heavy atom. The molecule has 1 aromatic heterocycles. The molecule has 2 amide bonds. The van der Waals surface area contributed by atoms with E-state index in [2.05, 4.69) is 15.7 Å². The number of carbonyl (C=O) groups excluding carboxylic acids is 2. The number of aromatic nitrogens is 2. The number of carbonyl (C=O) groups is 2. The van der Waals surface area contributed by atoms with Gasteiger partial charge in [-0.1, -0.05) is 42.5 Å². The summed E-state index contributed by atoms with van der Waals surface area (Å²) in [6.45, 7) is 2.22. The molecular formula is C25H22N4O4. The van der Waals surface area contributed by atoms with Gasteiger partial charge in [0.1, 0.15) is 5.75 Å². The lowest BCUT2D eigenvalue weighted by molar-refractivity contribution is -0.122. The second-order valence-electron chi connectivity index (χ2n) is 7.17. The molecule has 0 radical (unpaired) electrons. The van der Waals surface area contributed by atoms with Crippen LogP contribution in [0.25, 0.3) is 16.5 Å². The topological polar surface area (TPSA) is 102 Å². The second kappa shape index (κ2) is 9.78. The molecule has 0 bridgehead atoms. The zero-order valence-electron chi connectivity index (χ0n) is 17.9. The molecule has 0 atom stereocenters. The number of ether oxygens (including phenoxy) is 1. The highest BCUT2D eigenvalue weighted by Crippen LogP contribution is 2.20. The average molecular weight is 442 g/mol. The lowest BCUT2D eigenvalue weighted by atomic mass is 10.1. The summed E-state index contributed by atoms with van der Waals surface area (Å²) in [6, 6.07) is 22.5. The van der Waals surface area contributed by atoms with Crippen LogP contribution in [0.2, 0.25) is 0 Å². The van der Waals surface area contributed by atoms with Gasteiger partial charge in [0.25, 0.3) is 17.4 Å². The third kappa shape index (κ3) is 4.90. The van der Waals surface area contributed by atoms with E-state index in [1.807, 2.05) is 13.0 Å². The van der Waals surface area contributed by atoms with Crippen molar-refractivity contribution in [2.24, 2.45) is 0 Å². The fourth-order valence-corrected chi connectivity index (χ4v) is 3.35. The monoisotopic (exact) mass is 442 g/mol. The number of para-hydroxylation sites is 1. The zero-order valence-corrected chi connectivity index (χ0v) is 17.9. The first-order valence-corrected chi connectivity index (χ1v) is 10.4. The SMILES string of the molecule is CCNC(=O)COc1cccc(NC(=O)c2nn(-c3ccccc3)c(=O)c3ccccc23)c1. The summed E-state index contributed by atoms with van der Waals surface area (Å²) in [6.07, 6.45) is 0. The molecule has 0 aliphatic carbocycles. The molecule has 4 rings (SSSR count). The summed E-state index contributed by atoms with van der Waals surface area (Å²) in [7, 11) is 0. The van der Waals surface area contributed by atoms with E-state index < -0.39 is 5.91 Å².